The SMILES string of the molecule is C=CCOC(=O)NCc1ccc([C@@H]2O[C@H](CSc3nnc(C)s3)[C@H](C)[C@H](c3ccc(CO)cc3)O2)cc1. The highest BCUT2D eigenvalue weighted by atomic mass is 32.2. The number of nitrogens with one attached hydrogen (secondary N) is 1. The molecule has 37 heavy (non-hydrogen) atoms. The van der Waals surface area contributed by atoms with Gasteiger partial charge in [-0.2, -0.15) is 0 Å². The summed E-state index contributed by atoms with van der Waals surface area (Å²) in [6, 6.07) is 15.6. The van der Waals surface area contributed by atoms with Crippen molar-refractivity contribution in [3.63, 3.8) is 0 Å². The molecule has 2 aromatic carbocycles. The smallest absolute Gasteiger partial charge is 0.407 e. The third-order valence-corrected chi connectivity index (χ3v) is 8.08. The Labute approximate surface area is 225 Å². The maximum absolute atomic E-state index is 11.7. The molecule has 0 bridgehead atoms. The molecule has 10 heteroatoms. The lowest BCUT2D eigenvalue weighted by atomic mass is 9.91. The second-order valence-electron chi connectivity index (χ2n) is 8.70. The number of benzene rings is 2. The molecule has 4 atom stereocenters. The van der Waals surface area contributed by atoms with Crippen molar-refractivity contribution in [2.45, 2.75) is 49.8 Å². The number of hydrogen-bond donors (Lipinski definition) is 2. The number of amides is 1. The maximum atomic E-state index is 11.7. The highest BCUT2D eigenvalue weighted by Gasteiger charge is 2.38. The molecule has 3 aromatic rings. The monoisotopic (exact) mass is 541 g/mol. The van der Waals surface area contributed by atoms with E-state index in [-0.39, 0.29) is 31.3 Å². The number of aliphatic hydroxyl groups is 1. The topological polar surface area (TPSA) is 103 Å². The van der Waals surface area contributed by atoms with Crippen LogP contribution in [0.15, 0.2) is 65.5 Å². The van der Waals surface area contributed by atoms with E-state index in [0.717, 1.165) is 37.4 Å². The molecule has 1 fully saturated rings. The molecule has 4 rings (SSSR count). The number of carbonyl (C=O) groups excluding carboxylic acids is 1. The summed E-state index contributed by atoms with van der Waals surface area (Å²) in [5, 5.41) is 21.4. The summed E-state index contributed by atoms with van der Waals surface area (Å²) in [4.78, 5) is 11.7. The van der Waals surface area contributed by atoms with Gasteiger partial charge in [0, 0.05) is 23.8 Å². The number of carbonyl (C=O) groups is 1. The highest BCUT2D eigenvalue weighted by Crippen LogP contribution is 2.43. The molecule has 1 amide bonds. The van der Waals surface area contributed by atoms with Crippen LogP contribution in [0.3, 0.4) is 0 Å². The van der Waals surface area contributed by atoms with Crippen molar-refractivity contribution in [2.24, 2.45) is 5.92 Å². The molecule has 0 unspecified atom stereocenters. The second-order valence-corrected chi connectivity index (χ2v) is 11.2. The Morgan fingerprint density at radius 2 is 1.84 bits per heavy atom. The van der Waals surface area contributed by atoms with E-state index in [0.29, 0.717) is 6.54 Å². The lowest BCUT2D eigenvalue weighted by Crippen LogP contribution is -2.38. The number of rotatable bonds is 10. The van der Waals surface area contributed by atoms with Gasteiger partial charge >= 0.3 is 6.09 Å². The zero-order valence-corrected chi connectivity index (χ0v) is 22.5. The van der Waals surface area contributed by atoms with Crippen LogP contribution in [0, 0.1) is 12.8 Å². The normalized spacial score (nSPS) is 21.4. The van der Waals surface area contributed by atoms with Crippen molar-refractivity contribution < 1.29 is 24.1 Å². The van der Waals surface area contributed by atoms with Gasteiger partial charge in [0.25, 0.3) is 0 Å². The average Bonchev–Trinajstić information content (AvgIpc) is 3.35. The molecule has 2 heterocycles. The Hall–Kier alpha value is -2.76. The van der Waals surface area contributed by atoms with E-state index in [2.05, 4.69) is 29.0 Å². The van der Waals surface area contributed by atoms with E-state index in [1.165, 1.54) is 6.08 Å². The molecule has 1 aliphatic rings. The first kappa shape index (κ1) is 27.3. The predicted octanol–water partition coefficient (Wildman–Crippen LogP) is 5.33. The quantitative estimate of drug-likeness (QED) is 0.262. The van der Waals surface area contributed by atoms with Crippen molar-refractivity contribution in [1.82, 2.24) is 15.5 Å². The molecule has 1 saturated heterocycles. The first-order valence-corrected chi connectivity index (χ1v) is 13.8. The van der Waals surface area contributed by atoms with Gasteiger partial charge in [-0.3, -0.25) is 0 Å². The molecule has 0 saturated carbocycles. The van der Waals surface area contributed by atoms with E-state index in [1.54, 1.807) is 23.1 Å². The van der Waals surface area contributed by atoms with E-state index in [1.807, 2.05) is 55.5 Å². The first-order chi connectivity index (χ1) is 18.0. The van der Waals surface area contributed by atoms with Crippen LogP contribution in [0.5, 0.6) is 0 Å². The van der Waals surface area contributed by atoms with Gasteiger partial charge in [0.1, 0.15) is 11.6 Å². The number of aryl methyl sites for hydroxylation is 1. The van der Waals surface area contributed by atoms with Gasteiger partial charge in [-0.25, -0.2) is 4.79 Å². The van der Waals surface area contributed by atoms with Crippen molar-refractivity contribution in [3.05, 3.63) is 88.4 Å². The molecule has 8 nitrogen and oxygen atoms in total. The number of aromatic nitrogens is 2. The summed E-state index contributed by atoms with van der Waals surface area (Å²) in [7, 11) is 0. The fourth-order valence-corrected chi connectivity index (χ4v) is 5.96. The summed E-state index contributed by atoms with van der Waals surface area (Å²) >= 11 is 3.22. The maximum Gasteiger partial charge on any atom is 0.407 e. The number of nitrogens with zero attached hydrogens (tertiary/aromatic N) is 2. The van der Waals surface area contributed by atoms with Gasteiger partial charge in [0.2, 0.25) is 0 Å². The van der Waals surface area contributed by atoms with Gasteiger partial charge in [0.15, 0.2) is 10.6 Å². The Morgan fingerprint density at radius 3 is 2.49 bits per heavy atom. The number of thioether (sulfide) groups is 1. The van der Waals surface area contributed by atoms with Gasteiger partial charge < -0.3 is 24.6 Å². The molecular formula is C27H31N3O5S2. The molecule has 196 valence electrons. The van der Waals surface area contributed by atoms with Gasteiger partial charge in [-0.05, 0) is 23.6 Å². The molecule has 1 aliphatic heterocycles. The zero-order valence-electron chi connectivity index (χ0n) is 20.8. The van der Waals surface area contributed by atoms with Gasteiger partial charge in [0.05, 0.1) is 18.8 Å². The van der Waals surface area contributed by atoms with Crippen molar-refractivity contribution in [1.29, 1.82) is 0 Å². The van der Waals surface area contributed by atoms with Crippen LogP contribution in [-0.2, 0) is 27.4 Å². The number of hydrogen-bond acceptors (Lipinski definition) is 9. The lowest BCUT2D eigenvalue weighted by Gasteiger charge is -2.41. The standard InChI is InChI=1S/C27H31N3O5S2/c1-4-13-33-26(32)28-14-19-5-11-22(12-6-19)25-34-23(16-36-27-30-29-18(3)37-27)17(2)24(35-25)21-9-7-20(15-31)8-10-21/h4-12,17,23-25,31H,1,13-16H2,2-3H3,(H,28,32)/t17-,23+,24+,25+/m0/s1. The number of ether oxygens (including phenoxy) is 3. The van der Waals surface area contributed by atoms with E-state index in [9.17, 15) is 9.90 Å². The van der Waals surface area contributed by atoms with E-state index >= 15 is 0 Å². The third kappa shape index (κ3) is 7.39. The molecule has 0 radical (unpaired) electrons. The van der Waals surface area contributed by atoms with E-state index < -0.39 is 12.4 Å². The van der Waals surface area contributed by atoms with Gasteiger partial charge in [-0.1, -0.05) is 91.2 Å². The van der Waals surface area contributed by atoms with Crippen molar-refractivity contribution >= 4 is 29.2 Å². The Balaban J connectivity index is 1.48. The van der Waals surface area contributed by atoms with Crippen LogP contribution >= 0.6 is 23.1 Å². The largest absolute Gasteiger partial charge is 0.445 e. The summed E-state index contributed by atoms with van der Waals surface area (Å²) < 4.78 is 18.8. The van der Waals surface area contributed by atoms with Crippen LogP contribution < -0.4 is 5.32 Å². The average molecular weight is 542 g/mol. The molecule has 0 aliphatic carbocycles. The van der Waals surface area contributed by atoms with Crippen molar-refractivity contribution in [2.75, 3.05) is 12.4 Å². The van der Waals surface area contributed by atoms with Crippen LogP contribution in [0.25, 0.3) is 0 Å². The Bertz CT molecular complexity index is 1170. The summed E-state index contributed by atoms with van der Waals surface area (Å²) in [5.74, 6) is 0.804. The van der Waals surface area contributed by atoms with E-state index in [4.69, 9.17) is 14.2 Å². The Kier molecular flexibility index (Phi) is 9.70. The number of aliphatic hydroxyl groups excluding tert-OH is 1. The fraction of sp³-hybridized carbons (Fsp3) is 0.370. The van der Waals surface area contributed by atoms with Crippen LogP contribution in [0.1, 0.15) is 46.6 Å². The minimum Gasteiger partial charge on any atom is -0.445 e. The van der Waals surface area contributed by atoms with Crippen molar-refractivity contribution in [3.8, 4) is 0 Å². The fourth-order valence-electron chi connectivity index (χ4n) is 3.95. The predicted molar refractivity (Wildman–Crippen MR) is 143 cm³/mol. The molecule has 1 aromatic heterocycles. The highest BCUT2D eigenvalue weighted by molar-refractivity contribution is 8.01. The van der Waals surface area contributed by atoms with Gasteiger partial charge in [-0.15, -0.1) is 10.2 Å². The molecule has 2 N–H and O–H groups in total. The van der Waals surface area contributed by atoms with Crippen LogP contribution in [0.4, 0.5) is 4.79 Å². The minimum atomic E-state index is -0.556. The minimum absolute atomic E-state index is 0.000802. The first-order valence-electron chi connectivity index (χ1n) is 12.0. The summed E-state index contributed by atoms with van der Waals surface area (Å²) in [6.07, 6.45) is 0.206. The molecule has 0 spiro atoms. The summed E-state index contributed by atoms with van der Waals surface area (Å²) in [6.45, 7) is 8.13. The third-order valence-electron chi connectivity index (χ3n) is 6.02. The summed E-state index contributed by atoms with van der Waals surface area (Å²) in [5.41, 5.74) is 3.72. The zero-order chi connectivity index (χ0) is 26.2. The number of alkyl carbamates (subject to hydrolysis) is 1. The van der Waals surface area contributed by atoms with Crippen LogP contribution in [-0.4, -0.2) is 39.9 Å². The molecular weight excluding hydrogens is 510 g/mol. The lowest BCUT2D eigenvalue weighted by molar-refractivity contribution is -0.268. The van der Waals surface area contributed by atoms with Crippen LogP contribution in [0.2, 0.25) is 0 Å². The Morgan fingerprint density at radius 1 is 1.14 bits per heavy atom. The second kappa shape index (κ2) is 13.2.